The molecule has 1 amide bonds. The zero-order valence-electron chi connectivity index (χ0n) is 14.8. The van der Waals surface area contributed by atoms with Gasteiger partial charge in [-0.3, -0.25) is 4.79 Å². The molecule has 0 bridgehead atoms. The molecule has 1 atom stereocenters. The van der Waals surface area contributed by atoms with Crippen molar-refractivity contribution in [3.63, 3.8) is 0 Å². The Labute approximate surface area is 150 Å². The van der Waals surface area contributed by atoms with Gasteiger partial charge >= 0.3 is 0 Å². The molecule has 1 aromatic rings. The maximum atomic E-state index is 12.5. The van der Waals surface area contributed by atoms with Gasteiger partial charge in [0.05, 0.1) is 4.90 Å². The summed E-state index contributed by atoms with van der Waals surface area (Å²) in [6, 6.07) is 5.67. The van der Waals surface area contributed by atoms with Gasteiger partial charge in [0.25, 0.3) is 0 Å². The van der Waals surface area contributed by atoms with Gasteiger partial charge in [-0.1, -0.05) is 6.07 Å². The van der Waals surface area contributed by atoms with E-state index in [0.29, 0.717) is 18.0 Å². The number of rotatable bonds is 5. The van der Waals surface area contributed by atoms with Crippen molar-refractivity contribution in [3.8, 4) is 0 Å². The van der Waals surface area contributed by atoms with Crippen LogP contribution in [0.15, 0.2) is 23.1 Å². The van der Waals surface area contributed by atoms with Crippen LogP contribution in [0.3, 0.4) is 0 Å². The number of nitrogens with one attached hydrogen (secondary N) is 2. The molecule has 0 radical (unpaired) electrons. The quantitative estimate of drug-likeness (QED) is 0.818. The molecule has 25 heavy (non-hydrogen) atoms. The maximum absolute atomic E-state index is 12.5. The molecule has 3 rings (SSSR count). The van der Waals surface area contributed by atoms with E-state index in [2.05, 4.69) is 10.0 Å². The van der Waals surface area contributed by atoms with Crippen LogP contribution in [0.1, 0.15) is 37.3 Å². The van der Waals surface area contributed by atoms with Gasteiger partial charge in [0, 0.05) is 38.6 Å². The van der Waals surface area contributed by atoms with Crippen LogP contribution in [0.25, 0.3) is 0 Å². The lowest BCUT2D eigenvalue weighted by atomic mass is 9.92. The fourth-order valence-corrected chi connectivity index (χ4v) is 4.65. The Morgan fingerprint density at radius 1 is 1.28 bits per heavy atom. The van der Waals surface area contributed by atoms with E-state index in [-0.39, 0.29) is 24.9 Å². The van der Waals surface area contributed by atoms with Crippen molar-refractivity contribution < 1.29 is 13.2 Å². The molecule has 1 heterocycles. The number of sulfonamides is 1. The molecule has 1 unspecified atom stereocenters. The van der Waals surface area contributed by atoms with E-state index < -0.39 is 10.0 Å². The Balaban J connectivity index is 1.56. The third-order valence-electron chi connectivity index (χ3n) is 4.98. The van der Waals surface area contributed by atoms with Crippen LogP contribution in [-0.2, 0) is 27.7 Å². The molecule has 1 fully saturated rings. The lowest BCUT2D eigenvalue weighted by molar-refractivity contribution is -0.132. The number of carbonyl (C=O) groups is 1. The van der Waals surface area contributed by atoms with Crippen molar-refractivity contribution in [1.29, 1.82) is 0 Å². The van der Waals surface area contributed by atoms with Gasteiger partial charge in [-0.25, -0.2) is 13.1 Å². The van der Waals surface area contributed by atoms with E-state index in [1.54, 1.807) is 17.0 Å². The van der Waals surface area contributed by atoms with Crippen LogP contribution >= 0.6 is 0 Å². The van der Waals surface area contributed by atoms with E-state index in [1.165, 1.54) is 12.0 Å². The Bertz CT molecular complexity index is 733. The summed E-state index contributed by atoms with van der Waals surface area (Å²) in [5, 5.41) is 3.29. The molecule has 7 heteroatoms. The number of nitrogens with zero attached hydrogens (tertiary/aromatic N) is 1. The second-order valence-electron chi connectivity index (χ2n) is 6.98. The van der Waals surface area contributed by atoms with Crippen LogP contribution in [0, 0.1) is 0 Å². The Hall–Kier alpha value is -1.44. The minimum Gasteiger partial charge on any atom is -0.340 e. The summed E-state index contributed by atoms with van der Waals surface area (Å²) in [4.78, 5) is 14.3. The zero-order valence-corrected chi connectivity index (χ0v) is 15.6. The molecule has 1 saturated heterocycles. The predicted molar refractivity (Wildman–Crippen MR) is 96.9 cm³/mol. The van der Waals surface area contributed by atoms with Crippen LogP contribution in [0.4, 0.5) is 0 Å². The Morgan fingerprint density at radius 2 is 2.04 bits per heavy atom. The van der Waals surface area contributed by atoms with E-state index in [4.69, 9.17) is 0 Å². The average Bonchev–Trinajstić information content (AvgIpc) is 2.61. The monoisotopic (exact) mass is 365 g/mol. The molecular weight excluding hydrogens is 338 g/mol. The molecule has 1 aliphatic carbocycles. The van der Waals surface area contributed by atoms with Gasteiger partial charge in [0.2, 0.25) is 15.9 Å². The summed E-state index contributed by atoms with van der Waals surface area (Å²) in [6.45, 7) is 4.32. The minimum absolute atomic E-state index is 0.00138. The van der Waals surface area contributed by atoms with Crippen LogP contribution < -0.4 is 10.0 Å². The smallest absolute Gasteiger partial charge is 0.240 e. The fourth-order valence-electron chi connectivity index (χ4n) is 3.57. The van der Waals surface area contributed by atoms with Crippen LogP contribution in [0.5, 0.6) is 0 Å². The second-order valence-corrected chi connectivity index (χ2v) is 8.75. The summed E-state index contributed by atoms with van der Waals surface area (Å²) in [6.07, 6.45) is 4.45. The molecule has 2 N–H and O–H groups in total. The summed E-state index contributed by atoms with van der Waals surface area (Å²) in [5.41, 5.74) is 2.40. The van der Waals surface area contributed by atoms with Crippen LogP contribution in [0.2, 0.25) is 0 Å². The maximum Gasteiger partial charge on any atom is 0.240 e. The number of aryl methyl sites for hydroxylation is 2. The van der Waals surface area contributed by atoms with Crippen LogP contribution in [-0.4, -0.2) is 51.4 Å². The van der Waals surface area contributed by atoms with E-state index in [0.717, 1.165) is 31.4 Å². The summed E-state index contributed by atoms with van der Waals surface area (Å²) in [7, 11) is -3.56. The Kier molecular flexibility index (Phi) is 5.76. The molecule has 0 spiro atoms. The van der Waals surface area contributed by atoms with Gasteiger partial charge in [0.15, 0.2) is 0 Å². The molecule has 138 valence electrons. The highest BCUT2D eigenvalue weighted by atomic mass is 32.2. The highest BCUT2D eigenvalue weighted by Gasteiger charge is 2.21. The minimum atomic E-state index is -3.56. The van der Waals surface area contributed by atoms with Gasteiger partial charge in [0.1, 0.15) is 0 Å². The normalized spacial score (nSPS) is 21.0. The van der Waals surface area contributed by atoms with Crippen molar-refractivity contribution in [2.45, 2.75) is 50.0 Å². The summed E-state index contributed by atoms with van der Waals surface area (Å²) >= 11 is 0. The molecule has 2 aliphatic rings. The largest absolute Gasteiger partial charge is 0.340 e. The van der Waals surface area contributed by atoms with Gasteiger partial charge < -0.3 is 10.2 Å². The lowest BCUT2D eigenvalue weighted by Gasteiger charge is -2.32. The number of amides is 1. The van der Waals surface area contributed by atoms with Crippen molar-refractivity contribution >= 4 is 15.9 Å². The number of carbonyl (C=O) groups excluding carboxylic acids is 1. The zero-order chi connectivity index (χ0) is 17.9. The highest BCUT2D eigenvalue weighted by molar-refractivity contribution is 7.89. The summed E-state index contributed by atoms with van der Waals surface area (Å²) in [5.74, 6) is 0.00138. The number of benzene rings is 1. The first-order chi connectivity index (χ1) is 12.0. The first-order valence-electron chi connectivity index (χ1n) is 9.08. The first-order valence-corrected chi connectivity index (χ1v) is 10.6. The van der Waals surface area contributed by atoms with Gasteiger partial charge in [-0.15, -0.1) is 0 Å². The van der Waals surface area contributed by atoms with Gasteiger partial charge in [-0.05, 0) is 55.9 Å². The van der Waals surface area contributed by atoms with Crippen molar-refractivity contribution in [2.24, 2.45) is 0 Å². The molecule has 6 nitrogen and oxygen atoms in total. The lowest BCUT2D eigenvalue weighted by Crippen LogP contribution is -2.51. The molecule has 1 aromatic carbocycles. The van der Waals surface area contributed by atoms with Gasteiger partial charge in [-0.2, -0.15) is 0 Å². The van der Waals surface area contributed by atoms with Crippen molar-refractivity contribution in [2.75, 3.05) is 26.2 Å². The topological polar surface area (TPSA) is 78.5 Å². The highest BCUT2D eigenvalue weighted by Crippen LogP contribution is 2.24. The number of piperazine rings is 1. The Morgan fingerprint density at radius 3 is 2.80 bits per heavy atom. The number of hydrogen-bond donors (Lipinski definition) is 2. The van der Waals surface area contributed by atoms with Crippen molar-refractivity contribution in [1.82, 2.24) is 14.9 Å². The van der Waals surface area contributed by atoms with E-state index in [1.807, 2.05) is 13.0 Å². The molecule has 0 aromatic heterocycles. The summed E-state index contributed by atoms with van der Waals surface area (Å²) < 4.78 is 27.5. The second kappa shape index (κ2) is 7.85. The average molecular weight is 365 g/mol. The predicted octanol–water partition coefficient (Wildman–Crippen LogP) is 1.05. The molecular formula is C18H27N3O3S. The van der Waals surface area contributed by atoms with E-state index in [9.17, 15) is 13.2 Å². The fraction of sp³-hybridized carbons (Fsp3) is 0.611. The number of hydrogen-bond acceptors (Lipinski definition) is 4. The molecule has 1 aliphatic heterocycles. The van der Waals surface area contributed by atoms with Crippen molar-refractivity contribution in [3.05, 3.63) is 29.3 Å². The first kappa shape index (κ1) is 18.4. The number of fused-ring (bicyclic) bond motifs is 1. The standard InChI is InChI=1S/C18H27N3O3S/c1-14-13-21(11-10-19-14)18(22)8-9-20-25(23,24)17-7-6-15-4-2-3-5-16(15)12-17/h6-7,12,14,19-20H,2-5,8-11,13H2,1H3. The third-order valence-corrected chi connectivity index (χ3v) is 6.44. The SMILES string of the molecule is CC1CN(C(=O)CCNS(=O)(=O)c2ccc3c(c2)CCCC3)CCN1. The molecule has 0 saturated carbocycles. The third kappa shape index (κ3) is 4.59. The van der Waals surface area contributed by atoms with E-state index >= 15 is 0 Å².